The molecule has 1 amide bonds. The van der Waals surface area contributed by atoms with E-state index in [1.807, 2.05) is 0 Å². The number of rotatable bonds is 5. The summed E-state index contributed by atoms with van der Waals surface area (Å²) in [6.07, 6.45) is -4.69. The van der Waals surface area contributed by atoms with Crippen LogP contribution in [0.2, 0.25) is 5.02 Å². The van der Waals surface area contributed by atoms with E-state index in [-0.39, 0.29) is 10.8 Å². The Labute approximate surface area is 149 Å². The molecule has 25 heavy (non-hydrogen) atoms. The van der Waals surface area contributed by atoms with Crippen LogP contribution in [0.5, 0.6) is 0 Å². The van der Waals surface area contributed by atoms with Crippen LogP contribution < -0.4 is 5.32 Å². The summed E-state index contributed by atoms with van der Waals surface area (Å²) in [5, 5.41) is 4.64. The summed E-state index contributed by atoms with van der Waals surface area (Å²) in [6.45, 7) is 3.04. The van der Waals surface area contributed by atoms with Crippen LogP contribution in [0.4, 0.5) is 18.9 Å². The van der Waals surface area contributed by atoms with Gasteiger partial charge in [-0.25, -0.2) is 0 Å². The van der Waals surface area contributed by atoms with E-state index >= 15 is 0 Å². The van der Waals surface area contributed by atoms with E-state index in [1.165, 1.54) is 13.0 Å². The fourth-order valence-corrected chi connectivity index (χ4v) is 3.10. The van der Waals surface area contributed by atoms with Gasteiger partial charge >= 0.3 is 6.18 Å². The highest BCUT2D eigenvalue weighted by Crippen LogP contribution is 2.36. The Morgan fingerprint density at radius 2 is 2.08 bits per heavy atom. The lowest BCUT2D eigenvalue weighted by molar-refractivity contribution is -0.137. The molecule has 0 unspecified atom stereocenters. The quantitative estimate of drug-likeness (QED) is 0.834. The van der Waals surface area contributed by atoms with Crippen molar-refractivity contribution in [1.82, 2.24) is 5.16 Å². The van der Waals surface area contributed by atoms with Gasteiger partial charge in [0.15, 0.2) is 0 Å². The predicted octanol–water partition coefficient (Wildman–Crippen LogP) is 3.93. The number of nitrogens with one attached hydrogen (secondary N) is 1. The number of hydrogen-bond acceptors (Lipinski definition) is 4. The van der Waals surface area contributed by atoms with Gasteiger partial charge in [-0.2, -0.15) is 13.2 Å². The molecule has 0 spiro atoms. The molecule has 0 aliphatic rings. The molecule has 2 atom stereocenters. The van der Waals surface area contributed by atoms with Gasteiger partial charge in [0.2, 0.25) is 5.91 Å². The maximum absolute atomic E-state index is 13.0. The molecule has 10 heteroatoms. The number of amides is 1. The van der Waals surface area contributed by atoms with Gasteiger partial charge in [0.05, 0.1) is 22.7 Å². The summed E-state index contributed by atoms with van der Waals surface area (Å²) in [5.74, 6) is -0.539. The smallest absolute Gasteiger partial charge is 0.360 e. The second kappa shape index (κ2) is 7.57. The molecule has 0 saturated heterocycles. The molecule has 5 nitrogen and oxygen atoms in total. The Hall–Kier alpha value is -1.87. The van der Waals surface area contributed by atoms with Crippen LogP contribution in [0.3, 0.4) is 0 Å². The van der Waals surface area contributed by atoms with Gasteiger partial charge in [-0.05, 0) is 32.0 Å². The second-order valence-corrected chi connectivity index (χ2v) is 7.47. The van der Waals surface area contributed by atoms with Crippen LogP contribution in [-0.4, -0.2) is 20.5 Å². The van der Waals surface area contributed by atoms with Crippen molar-refractivity contribution in [1.29, 1.82) is 0 Å². The van der Waals surface area contributed by atoms with Crippen molar-refractivity contribution in [2.24, 2.45) is 0 Å². The van der Waals surface area contributed by atoms with Crippen molar-refractivity contribution in [3.05, 3.63) is 46.3 Å². The third-order valence-electron chi connectivity index (χ3n) is 3.27. The van der Waals surface area contributed by atoms with Crippen molar-refractivity contribution in [2.75, 3.05) is 5.32 Å². The summed E-state index contributed by atoms with van der Waals surface area (Å²) in [5.41, 5.74) is -0.918. The van der Waals surface area contributed by atoms with E-state index in [1.54, 1.807) is 13.0 Å². The second-order valence-electron chi connectivity index (χ2n) is 5.28. The summed E-state index contributed by atoms with van der Waals surface area (Å²) in [7, 11) is -1.69. The average Bonchev–Trinajstić information content (AvgIpc) is 2.92. The summed E-state index contributed by atoms with van der Waals surface area (Å²) in [4.78, 5) is 12.2. The molecule has 0 saturated carbocycles. The maximum atomic E-state index is 13.0. The van der Waals surface area contributed by atoms with Gasteiger partial charge < -0.3 is 9.84 Å². The first-order valence-electron chi connectivity index (χ1n) is 7.05. The topological polar surface area (TPSA) is 72.2 Å². The summed E-state index contributed by atoms with van der Waals surface area (Å²) >= 11 is 5.59. The molecule has 0 fully saturated rings. The molecular weight excluding hydrogens is 381 g/mol. The van der Waals surface area contributed by atoms with Crippen LogP contribution in [0, 0.1) is 6.92 Å². The van der Waals surface area contributed by atoms with Crippen molar-refractivity contribution >= 4 is 34.0 Å². The number of halogens is 4. The molecule has 1 heterocycles. The highest BCUT2D eigenvalue weighted by molar-refractivity contribution is 7.85. The normalized spacial score (nSPS) is 14.2. The number of hydrogen-bond donors (Lipinski definition) is 1. The molecule has 0 radical (unpaired) electrons. The van der Waals surface area contributed by atoms with Gasteiger partial charge in [0, 0.05) is 21.9 Å². The van der Waals surface area contributed by atoms with Gasteiger partial charge in [-0.1, -0.05) is 16.8 Å². The number of carbonyl (C=O) groups excluding carboxylic acids is 1. The molecule has 0 aliphatic carbocycles. The molecule has 1 aromatic heterocycles. The van der Waals surface area contributed by atoms with Crippen molar-refractivity contribution in [2.45, 2.75) is 31.0 Å². The van der Waals surface area contributed by atoms with Crippen molar-refractivity contribution in [3.8, 4) is 0 Å². The van der Waals surface area contributed by atoms with Crippen LogP contribution in [0.25, 0.3) is 0 Å². The van der Waals surface area contributed by atoms with E-state index in [9.17, 15) is 22.2 Å². The minimum absolute atomic E-state index is 0.0673. The summed E-state index contributed by atoms with van der Waals surface area (Å²) < 4.78 is 56.2. The summed E-state index contributed by atoms with van der Waals surface area (Å²) in [6, 6.07) is 4.57. The highest BCUT2D eigenvalue weighted by atomic mass is 35.5. The fourth-order valence-electron chi connectivity index (χ4n) is 1.96. The van der Waals surface area contributed by atoms with Crippen molar-refractivity contribution < 1.29 is 26.7 Å². The van der Waals surface area contributed by atoms with Crippen LogP contribution in [-0.2, 0) is 27.5 Å². The largest absolute Gasteiger partial charge is 0.418 e. The fraction of sp³-hybridized carbons (Fsp3) is 0.333. The zero-order valence-electron chi connectivity index (χ0n) is 13.2. The standard InChI is InChI=1S/C15H14ClF3N2O3S/c1-8-5-11(24-21-8)7-25(23)9(2)14(22)20-13-4-3-10(16)6-12(13)15(17,18)19/h3-6,9H,7H2,1-2H3,(H,20,22)/t9-,25+/m0/s1. The first-order valence-corrected chi connectivity index (χ1v) is 8.81. The SMILES string of the molecule is Cc1cc(C[S@@](=O)[C@@H](C)C(=O)Nc2ccc(Cl)cc2C(F)(F)F)on1. The number of anilines is 1. The lowest BCUT2D eigenvalue weighted by Gasteiger charge is -2.16. The average molecular weight is 395 g/mol. The van der Waals surface area contributed by atoms with Crippen LogP contribution >= 0.6 is 11.6 Å². The number of nitrogens with zero attached hydrogens (tertiary/aromatic N) is 1. The van der Waals surface area contributed by atoms with Gasteiger partial charge in [-0.15, -0.1) is 0 Å². The Balaban J connectivity index is 2.12. The number of aromatic nitrogens is 1. The van der Waals surface area contributed by atoms with E-state index in [4.69, 9.17) is 16.1 Å². The molecule has 2 rings (SSSR count). The van der Waals surface area contributed by atoms with Crippen molar-refractivity contribution in [3.63, 3.8) is 0 Å². The monoisotopic (exact) mass is 394 g/mol. The van der Waals surface area contributed by atoms with Crippen LogP contribution in [0.15, 0.2) is 28.8 Å². The van der Waals surface area contributed by atoms with Gasteiger partial charge in [-0.3, -0.25) is 9.00 Å². The van der Waals surface area contributed by atoms with Crippen LogP contribution in [0.1, 0.15) is 23.9 Å². The zero-order chi connectivity index (χ0) is 18.8. The number of aryl methyl sites for hydroxylation is 1. The molecular formula is C15H14ClF3N2O3S. The third kappa shape index (κ3) is 5.05. The van der Waals surface area contributed by atoms with E-state index in [0.717, 1.165) is 12.1 Å². The Bertz CT molecular complexity index is 808. The van der Waals surface area contributed by atoms with E-state index < -0.39 is 39.4 Å². The molecule has 0 aliphatic heterocycles. The van der Waals surface area contributed by atoms with Gasteiger partial charge in [0.1, 0.15) is 11.0 Å². The Kier molecular flexibility index (Phi) is 5.89. The van der Waals surface area contributed by atoms with E-state index in [0.29, 0.717) is 11.5 Å². The number of carbonyl (C=O) groups is 1. The first kappa shape index (κ1) is 19.5. The molecule has 136 valence electrons. The Morgan fingerprint density at radius 3 is 2.64 bits per heavy atom. The highest BCUT2D eigenvalue weighted by Gasteiger charge is 2.35. The predicted molar refractivity (Wildman–Crippen MR) is 87.6 cm³/mol. The van der Waals surface area contributed by atoms with E-state index in [2.05, 4.69) is 10.5 Å². The third-order valence-corrected chi connectivity index (χ3v) is 5.08. The molecule has 1 aromatic carbocycles. The molecule has 2 aromatic rings. The minimum Gasteiger partial charge on any atom is -0.360 e. The number of benzene rings is 1. The number of alkyl halides is 3. The zero-order valence-corrected chi connectivity index (χ0v) is 14.8. The molecule has 1 N–H and O–H groups in total. The molecule has 0 bridgehead atoms. The first-order chi connectivity index (χ1) is 11.6. The maximum Gasteiger partial charge on any atom is 0.418 e. The Morgan fingerprint density at radius 1 is 1.40 bits per heavy atom. The minimum atomic E-state index is -4.69. The lowest BCUT2D eigenvalue weighted by atomic mass is 10.1. The van der Waals surface area contributed by atoms with Gasteiger partial charge in [0.25, 0.3) is 0 Å². The lowest BCUT2D eigenvalue weighted by Crippen LogP contribution is -2.30.